The van der Waals surface area contributed by atoms with Gasteiger partial charge < -0.3 is 15.0 Å². The second-order valence-corrected chi connectivity index (χ2v) is 3.85. The Morgan fingerprint density at radius 1 is 1.53 bits per heavy atom. The van der Waals surface area contributed by atoms with Gasteiger partial charge in [0.1, 0.15) is 6.04 Å². The topological polar surface area (TPSA) is 41.6 Å². The van der Waals surface area contributed by atoms with E-state index in [1.807, 2.05) is 11.8 Å². The van der Waals surface area contributed by atoms with Crippen molar-refractivity contribution in [1.29, 1.82) is 0 Å². The zero-order chi connectivity index (χ0) is 11.1. The zero-order valence-electron chi connectivity index (χ0n) is 9.79. The van der Waals surface area contributed by atoms with E-state index in [1.165, 1.54) is 0 Å². The second kappa shape index (κ2) is 6.80. The van der Waals surface area contributed by atoms with Gasteiger partial charge in [0.05, 0.1) is 13.2 Å². The van der Waals surface area contributed by atoms with Crippen LogP contribution in [0.2, 0.25) is 0 Å². The summed E-state index contributed by atoms with van der Waals surface area (Å²) in [6.07, 6.45) is 2.20. The summed E-state index contributed by atoms with van der Waals surface area (Å²) in [6.45, 7) is 7.83. The van der Waals surface area contributed by atoms with Crippen molar-refractivity contribution in [2.75, 3.05) is 32.8 Å². The molecule has 1 heterocycles. The average molecular weight is 214 g/mol. The molecular weight excluding hydrogens is 192 g/mol. The molecule has 1 fully saturated rings. The molecule has 1 atom stereocenters. The zero-order valence-corrected chi connectivity index (χ0v) is 9.79. The van der Waals surface area contributed by atoms with E-state index in [0.717, 1.165) is 32.5 Å². The van der Waals surface area contributed by atoms with Crippen LogP contribution >= 0.6 is 0 Å². The fourth-order valence-electron chi connectivity index (χ4n) is 1.72. The molecule has 0 spiro atoms. The Labute approximate surface area is 92.0 Å². The van der Waals surface area contributed by atoms with E-state index >= 15 is 0 Å². The minimum absolute atomic E-state index is 0.129. The first kappa shape index (κ1) is 12.5. The average Bonchev–Trinajstić information content (AvgIpc) is 2.31. The molecule has 0 saturated carbocycles. The summed E-state index contributed by atoms with van der Waals surface area (Å²) >= 11 is 0. The standard InChI is InChI=1S/C11H22N2O2/c1-3-5-7-13(4-2)11(14)10-9-15-8-6-12-10/h10,12H,3-9H2,1-2H3. The van der Waals surface area contributed by atoms with Crippen LogP contribution in [0.15, 0.2) is 0 Å². The predicted octanol–water partition coefficient (Wildman–Crippen LogP) is 0.623. The molecule has 0 aliphatic carbocycles. The maximum atomic E-state index is 12.0. The number of carbonyl (C=O) groups excluding carboxylic acids is 1. The van der Waals surface area contributed by atoms with Gasteiger partial charge in [-0.2, -0.15) is 0 Å². The lowest BCUT2D eigenvalue weighted by Crippen LogP contribution is -2.52. The number of likely N-dealkylation sites (N-methyl/N-ethyl adjacent to an activating group) is 1. The third-order valence-corrected chi connectivity index (χ3v) is 2.69. The Morgan fingerprint density at radius 3 is 2.87 bits per heavy atom. The molecule has 0 aromatic heterocycles. The van der Waals surface area contributed by atoms with Gasteiger partial charge in [-0.05, 0) is 13.3 Å². The van der Waals surface area contributed by atoms with Crippen molar-refractivity contribution in [3.8, 4) is 0 Å². The van der Waals surface area contributed by atoms with Crippen LogP contribution in [0.3, 0.4) is 0 Å². The van der Waals surface area contributed by atoms with Crippen LogP contribution < -0.4 is 5.32 Å². The largest absolute Gasteiger partial charge is 0.378 e. The summed E-state index contributed by atoms with van der Waals surface area (Å²) in [6, 6.07) is -0.129. The molecule has 1 N–H and O–H groups in total. The number of nitrogens with zero attached hydrogens (tertiary/aromatic N) is 1. The lowest BCUT2D eigenvalue weighted by atomic mass is 10.2. The molecule has 1 unspecified atom stereocenters. The van der Waals surface area contributed by atoms with E-state index in [9.17, 15) is 4.79 Å². The van der Waals surface area contributed by atoms with Crippen molar-refractivity contribution in [3.63, 3.8) is 0 Å². The summed E-state index contributed by atoms with van der Waals surface area (Å²) in [4.78, 5) is 13.9. The van der Waals surface area contributed by atoms with Crippen LogP contribution in [0.4, 0.5) is 0 Å². The van der Waals surface area contributed by atoms with Crippen LogP contribution in [-0.2, 0) is 9.53 Å². The van der Waals surface area contributed by atoms with E-state index in [4.69, 9.17) is 4.74 Å². The molecule has 1 aliphatic heterocycles. The smallest absolute Gasteiger partial charge is 0.242 e. The number of hydrogen-bond donors (Lipinski definition) is 1. The normalized spacial score (nSPS) is 21.3. The Morgan fingerprint density at radius 2 is 2.33 bits per heavy atom. The van der Waals surface area contributed by atoms with Crippen molar-refractivity contribution in [3.05, 3.63) is 0 Å². The highest BCUT2D eigenvalue weighted by molar-refractivity contribution is 5.82. The van der Waals surface area contributed by atoms with Crippen molar-refractivity contribution < 1.29 is 9.53 Å². The SMILES string of the molecule is CCCCN(CC)C(=O)C1COCCN1. The van der Waals surface area contributed by atoms with Crippen LogP contribution in [-0.4, -0.2) is 49.7 Å². The van der Waals surface area contributed by atoms with Crippen molar-refractivity contribution in [2.24, 2.45) is 0 Å². The molecule has 4 heteroatoms. The molecule has 1 saturated heterocycles. The van der Waals surface area contributed by atoms with Crippen LogP contribution in [0.1, 0.15) is 26.7 Å². The van der Waals surface area contributed by atoms with Gasteiger partial charge in [-0.15, -0.1) is 0 Å². The van der Waals surface area contributed by atoms with Gasteiger partial charge in [0.25, 0.3) is 0 Å². The molecule has 0 aromatic rings. The first-order valence-corrected chi connectivity index (χ1v) is 5.89. The molecule has 4 nitrogen and oxygen atoms in total. The summed E-state index contributed by atoms with van der Waals surface area (Å²) in [5.41, 5.74) is 0. The van der Waals surface area contributed by atoms with Gasteiger partial charge in [0.2, 0.25) is 5.91 Å². The highest BCUT2D eigenvalue weighted by Gasteiger charge is 2.24. The van der Waals surface area contributed by atoms with Crippen LogP contribution in [0.5, 0.6) is 0 Å². The molecule has 88 valence electrons. The summed E-state index contributed by atoms with van der Waals surface area (Å²) < 4.78 is 5.29. The Balaban J connectivity index is 2.40. The number of unbranched alkanes of at least 4 members (excludes halogenated alkanes) is 1. The van der Waals surface area contributed by atoms with Gasteiger partial charge in [-0.1, -0.05) is 13.3 Å². The number of amides is 1. The van der Waals surface area contributed by atoms with E-state index in [1.54, 1.807) is 0 Å². The van der Waals surface area contributed by atoms with E-state index in [-0.39, 0.29) is 11.9 Å². The molecule has 15 heavy (non-hydrogen) atoms. The van der Waals surface area contributed by atoms with Gasteiger partial charge in [0.15, 0.2) is 0 Å². The molecule has 1 rings (SSSR count). The van der Waals surface area contributed by atoms with Crippen molar-refractivity contribution in [2.45, 2.75) is 32.7 Å². The first-order valence-electron chi connectivity index (χ1n) is 5.89. The highest BCUT2D eigenvalue weighted by atomic mass is 16.5. The van der Waals surface area contributed by atoms with Gasteiger partial charge in [-0.25, -0.2) is 0 Å². The van der Waals surface area contributed by atoms with Crippen molar-refractivity contribution in [1.82, 2.24) is 10.2 Å². The molecular formula is C11H22N2O2. The number of nitrogens with one attached hydrogen (secondary N) is 1. The molecule has 1 aliphatic rings. The maximum Gasteiger partial charge on any atom is 0.242 e. The van der Waals surface area contributed by atoms with Gasteiger partial charge in [-0.3, -0.25) is 4.79 Å². The molecule has 0 bridgehead atoms. The molecule has 1 amide bonds. The van der Waals surface area contributed by atoms with E-state index < -0.39 is 0 Å². The monoisotopic (exact) mass is 214 g/mol. The number of ether oxygens (including phenoxy) is 1. The predicted molar refractivity (Wildman–Crippen MR) is 59.8 cm³/mol. The molecule has 0 aromatic carbocycles. The Hall–Kier alpha value is -0.610. The quantitative estimate of drug-likeness (QED) is 0.729. The minimum atomic E-state index is -0.129. The van der Waals surface area contributed by atoms with Crippen LogP contribution in [0.25, 0.3) is 0 Å². The summed E-state index contributed by atoms with van der Waals surface area (Å²) in [5.74, 6) is 0.186. The Bertz CT molecular complexity index is 191. The fourth-order valence-corrected chi connectivity index (χ4v) is 1.72. The fraction of sp³-hybridized carbons (Fsp3) is 0.909. The third kappa shape index (κ3) is 3.80. The lowest BCUT2D eigenvalue weighted by Gasteiger charge is -2.29. The molecule has 0 radical (unpaired) electrons. The Kier molecular flexibility index (Phi) is 5.65. The highest BCUT2D eigenvalue weighted by Crippen LogP contribution is 2.02. The third-order valence-electron chi connectivity index (χ3n) is 2.69. The first-order chi connectivity index (χ1) is 7.29. The number of hydrogen-bond acceptors (Lipinski definition) is 3. The van der Waals surface area contributed by atoms with Crippen LogP contribution in [0, 0.1) is 0 Å². The van der Waals surface area contributed by atoms with Gasteiger partial charge >= 0.3 is 0 Å². The number of rotatable bonds is 5. The summed E-state index contributed by atoms with van der Waals surface area (Å²) in [5, 5.41) is 3.19. The maximum absolute atomic E-state index is 12.0. The van der Waals surface area contributed by atoms with E-state index in [0.29, 0.717) is 13.2 Å². The second-order valence-electron chi connectivity index (χ2n) is 3.85. The lowest BCUT2D eigenvalue weighted by molar-refractivity contribution is -0.136. The number of morpholine rings is 1. The summed E-state index contributed by atoms with van der Waals surface area (Å²) in [7, 11) is 0. The van der Waals surface area contributed by atoms with Crippen molar-refractivity contribution >= 4 is 5.91 Å². The van der Waals surface area contributed by atoms with Gasteiger partial charge in [0, 0.05) is 19.6 Å². The minimum Gasteiger partial charge on any atom is -0.378 e. The van der Waals surface area contributed by atoms with E-state index in [2.05, 4.69) is 12.2 Å². The number of carbonyl (C=O) groups is 1.